The Hall–Kier alpha value is -2.66. The molecule has 1 heterocycles. The van der Waals surface area contributed by atoms with Gasteiger partial charge in [-0.15, -0.1) is 0 Å². The van der Waals surface area contributed by atoms with Crippen molar-refractivity contribution in [3.63, 3.8) is 0 Å². The summed E-state index contributed by atoms with van der Waals surface area (Å²) in [5, 5.41) is 9.07. The van der Waals surface area contributed by atoms with Gasteiger partial charge in [-0.3, -0.25) is 9.98 Å². The number of allylic oxidation sites excluding steroid dienone is 7. The molecule has 0 saturated heterocycles. The molecule has 2 rings (SSSR count). The van der Waals surface area contributed by atoms with Crippen LogP contribution in [0.5, 0.6) is 0 Å². The predicted octanol–water partition coefficient (Wildman–Crippen LogP) is 5.93. The molecule has 1 aliphatic rings. The van der Waals surface area contributed by atoms with Gasteiger partial charge in [-0.25, -0.2) is 4.79 Å². The minimum absolute atomic E-state index is 0.223. The summed E-state index contributed by atoms with van der Waals surface area (Å²) in [6.45, 7) is 4.05. The van der Waals surface area contributed by atoms with Gasteiger partial charge in [0.1, 0.15) is 0 Å². The number of benzene rings is 1. The Balaban J connectivity index is 2.32. The van der Waals surface area contributed by atoms with E-state index in [1.165, 1.54) is 4.91 Å². The van der Waals surface area contributed by atoms with Crippen molar-refractivity contribution in [3.8, 4) is 0 Å². The molecular formula is C21H22N2O2S. The van der Waals surface area contributed by atoms with Crippen LogP contribution in [0.3, 0.4) is 0 Å². The summed E-state index contributed by atoms with van der Waals surface area (Å²) in [4.78, 5) is 22.2. The number of aromatic carboxylic acids is 1. The van der Waals surface area contributed by atoms with Crippen LogP contribution in [0.1, 0.15) is 37.0 Å². The summed E-state index contributed by atoms with van der Waals surface area (Å²) in [5.74, 6) is -0.960. The lowest BCUT2D eigenvalue weighted by Gasteiger charge is -2.08. The molecule has 1 aromatic rings. The molecule has 0 bridgehead atoms. The summed E-state index contributed by atoms with van der Waals surface area (Å²) in [7, 11) is 0. The lowest BCUT2D eigenvalue weighted by Crippen LogP contribution is -1.97. The van der Waals surface area contributed by atoms with Crippen molar-refractivity contribution in [1.29, 1.82) is 0 Å². The van der Waals surface area contributed by atoms with E-state index in [9.17, 15) is 4.79 Å². The number of carboxylic acid groups (broad SMARTS) is 1. The van der Waals surface area contributed by atoms with E-state index in [1.807, 2.05) is 31.4 Å². The number of aliphatic imine (C=N–C) groups is 2. The van der Waals surface area contributed by atoms with Crippen molar-refractivity contribution in [2.75, 3.05) is 0 Å². The minimum atomic E-state index is -0.960. The van der Waals surface area contributed by atoms with Crippen molar-refractivity contribution in [2.45, 2.75) is 26.7 Å². The van der Waals surface area contributed by atoms with Gasteiger partial charge in [0.15, 0.2) is 0 Å². The number of thioether (sulfide) groups is 1. The fourth-order valence-corrected chi connectivity index (χ4v) is 3.14. The lowest BCUT2D eigenvalue weighted by atomic mass is 10.2. The first-order valence-electron chi connectivity index (χ1n) is 8.38. The fourth-order valence-electron chi connectivity index (χ4n) is 2.23. The van der Waals surface area contributed by atoms with Gasteiger partial charge < -0.3 is 5.11 Å². The molecule has 0 aromatic heterocycles. The van der Waals surface area contributed by atoms with Gasteiger partial charge in [0.25, 0.3) is 0 Å². The maximum atomic E-state index is 11.1. The van der Waals surface area contributed by atoms with E-state index in [2.05, 4.69) is 29.1 Å². The van der Waals surface area contributed by atoms with E-state index in [-0.39, 0.29) is 5.56 Å². The highest BCUT2D eigenvalue weighted by atomic mass is 32.2. The van der Waals surface area contributed by atoms with Gasteiger partial charge in [-0.05, 0) is 61.9 Å². The Morgan fingerprint density at radius 2 is 2.19 bits per heavy atom. The number of hydrogen-bond donors (Lipinski definition) is 1. The maximum Gasteiger partial charge on any atom is 0.335 e. The molecule has 0 fully saturated rings. The third-order valence-corrected chi connectivity index (χ3v) is 4.53. The number of rotatable bonds is 4. The average Bonchev–Trinajstić information content (AvgIpc) is 2.63. The van der Waals surface area contributed by atoms with Crippen LogP contribution in [-0.2, 0) is 0 Å². The molecule has 0 spiro atoms. The normalized spacial score (nSPS) is 22.8. The van der Waals surface area contributed by atoms with Crippen molar-refractivity contribution < 1.29 is 9.90 Å². The maximum absolute atomic E-state index is 11.1. The Morgan fingerprint density at radius 3 is 2.96 bits per heavy atom. The molecular weight excluding hydrogens is 344 g/mol. The van der Waals surface area contributed by atoms with E-state index in [4.69, 9.17) is 5.11 Å². The summed E-state index contributed by atoms with van der Waals surface area (Å²) in [5.41, 5.74) is 1.69. The molecule has 1 N–H and O–H groups in total. The van der Waals surface area contributed by atoms with E-state index < -0.39 is 5.97 Å². The topological polar surface area (TPSA) is 62.0 Å². The van der Waals surface area contributed by atoms with Gasteiger partial charge >= 0.3 is 5.97 Å². The van der Waals surface area contributed by atoms with E-state index in [0.29, 0.717) is 5.69 Å². The smallest absolute Gasteiger partial charge is 0.335 e. The molecule has 0 atom stereocenters. The molecule has 26 heavy (non-hydrogen) atoms. The zero-order valence-electron chi connectivity index (χ0n) is 14.9. The first-order chi connectivity index (χ1) is 12.6. The van der Waals surface area contributed by atoms with Crippen molar-refractivity contribution >= 4 is 35.3 Å². The number of carboxylic acids is 1. The Labute approximate surface area is 158 Å². The highest BCUT2D eigenvalue weighted by molar-refractivity contribution is 8.07. The molecule has 4 nitrogen and oxygen atoms in total. The van der Waals surface area contributed by atoms with Crippen LogP contribution >= 0.6 is 11.8 Å². The second-order valence-electron chi connectivity index (χ2n) is 5.56. The molecule has 134 valence electrons. The molecule has 0 unspecified atom stereocenters. The Bertz CT molecular complexity index is 830. The standard InChI is InChI=1S/C21H22N2O2S/c1-3-8-19-20(26-16(2)9-5-4-6-13-23-19)12-14-22-18-11-7-10-17(15-18)21(24)25/h3,6-15H,4-5H2,1-2H3,(H,24,25)/b8-3-,13-6+,16-9+,20-12?,22-14?,23-19+. The fraction of sp³-hybridized carbons (Fsp3) is 0.190. The number of hydrogen-bond acceptors (Lipinski definition) is 4. The molecule has 0 amide bonds. The summed E-state index contributed by atoms with van der Waals surface area (Å²) in [6.07, 6.45) is 15.6. The largest absolute Gasteiger partial charge is 0.478 e. The molecule has 0 radical (unpaired) electrons. The Morgan fingerprint density at radius 1 is 1.35 bits per heavy atom. The van der Waals surface area contributed by atoms with Gasteiger partial charge in [0, 0.05) is 17.3 Å². The molecule has 5 heteroatoms. The molecule has 1 aliphatic heterocycles. The van der Waals surface area contributed by atoms with Gasteiger partial charge in [0.2, 0.25) is 0 Å². The van der Waals surface area contributed by atoms with Gasteiger partial charge in [-0.2, -0.15) is 0 Å². The number of nitrogens with zero attached hydrogens (tertiary/aromatic N) is 2. The minimum Gasteiger partial charge on any atom is -0.478 e. The van der Waals surface area contributed by atoms with E-state index in [1.54, 1.807) is 42.2 Å². The van der Waals surface area contributed by atoms with Crippen LogP contribution in [0.15, 0.2) is 80.6 Å². The van der Waals surface area contributed by atoms with E-state index >= 15 is 0 Å². The van der Waals surface area contributed by atoms with Crippen LogP contribution in [0, 0.1) is 0 Å². The van der Waals surface area contributed by atoms with Crippen molar-refractivity contribution in [1.82, 2.24) is 0 Å². The Kier molecular flexibility index (Phi) is 7.83. The van der Waals surface area contributed by atoms with Crippen molar-refractivity contribution in [3.05, 3.63) is 76.2 Å². The average molecular weight is 366 g/mol. The first-order valence-corrected chi connectivity index (χ1v) is 9.20. The second-order valence-corrected chi connectivity index (χ2v) is 6.85. The van der Waals surface area contributed by atoms with E-state index in [0.717, 1.165) is 23.5 Å². The monoisotopic (exact) mass is 366 g/mol. The van der Waals surface area contributed by atoms with Gasteiger partial charge in [0.05, 0.1) is 17.0 Å². The lowest BCUT2D eigenvalue weighted by molar-refractivity contribution is 0.0697. The second kappa shape index (κ2) is 10.4. The summed E-state index contributed by atoms with van der Waals surface area (Å²) >= 11 is 1.66. The zero-order valence-corrected chi connectivity index (χ0v) is 15.7. The van der Waals surface area contributed by atoms with Gasteiger partial charge in [-0.1, -0.05) is 36.1 Å². The predicted molar refractivity (Wildman–Crippen MR) is 112 cm³/mol. The number of carbonyl (C=O) groups is 1. The molecule has 1 aromatic carbocycles. The molecule has 0 aliphatic carbocycles. The van der Waals surface area contributed by atoms with Crippen LogP contribution in [0.2, 0.25) is 0 Å². The van der Waals surface area contributed by atoms with Crippen LogP contribution < -0.4 is 0 Å². The SMILES string of the molecule is C\C=C/C1=N\C=C\CC/C=C(\C)SC1=CC=Nc1cccc(C(=O)O)c1. The summed E-state index contributed by atoms with van der Waals surface area (Å²) in [6, 6.07) is 6.56. The third kappa shape index (κ3) is 6.33. The quantitative estimate of drug-likeness (QED) is 0.672. The molecule has 0 saturated carbocycles. The first kappa shape index (κ1) is 19.7. The van der Waals surface area contributed by atoms with Crippen LogP contribution in [0.25, 0.3) is 0 Å². The zero-order chi connectivity index (χ0) is 18.8. The third-order valence-electron chi connectivity index (χ3n) is 3.47. The highest BCUT2D eigenvalue weighted by Crippen LogP contribution is 2.28. The highest BCUT2D eigenvalue weighted by Gasteiger charge is 2.06. The summed E-state index contributed by atoms with van der Waals surface area (Å²) < 4.78 is 0. The van der Waals surface area contributed by atoms with Crippen LogP contribution in [-0.4, -0.2) is 23.0 Å². The van der Waals surface area contributed by atoms with Crippen LogP contribution in [0.4, 0.5) is 5.69 Å². The van der Waals surface area contributed by atoms with Crippen molar-refractivity contribution in [2.24, 2.45) is 9.98 Å².